The highest BCUT2D eigenvalue weighted by molar-refractivity contribution is 5.92. The van der Waals surface area contributed by atoms with Gasteiger partial charge in [-0.3, -0.25) is 9.59 Å². The number of benzene rings is 1. The van der Waals surface area contributed by atoms with Gasteiger partial charge in [0.2, 0.25) is 11.8 Å². The van der Waals surface area contributed by atoms with Crippen LogP contribution >= 0.6 is 0 Å². The number of unbranched alkanes of at least 4 members (excludes halogenated alkanes) is 1. The van der Waals surface area contributed by atoms with Gasteiger partial charge in [0, 0.05) is 30.3 Å². The number of methoxy groups -OCH3 is 1. The summed E-state index contributed by atoms with van der Waals surface area (Å²) < 4.78 is 5.23. The molecule has 1 aromatic carbocycles. The molecule has 0 atom stereocenters. The summed E-state index contributed by atoms with van der Waals surface area (Å²) in [7, 11) is 1.60. The molecular formula is C19H26N2O3. The molecular weight excluding hydrogens is 304 g/mol. The summed E-state index contributed by atoms with van der Waals surface area (Å²) >= 11 is 0. The quantitative estimate of drug-likeness (QED) is 0.540. The Hall–Kier alpha value is -2.56. The molecule has 2 N–H and O–H groups in total. The van der Waals surface area contributed by atoms with Gasteiger partial charge in [-0.25, -0.2) is 0 Å². The Morgan fingerprint density at radius 1 is 1.12 bits per heavy atom. The first kappa shape index (κ1) is 19.5. The van der Waals surface area contributed by atoms with Crippen LogP contribution in [0.2, 0.25) is 0 Å². The fourth-order valence-electron chi connectivity index (χ4n) is 1.96. The molecule has 0 bridgehead atoms. The Labute approximate surface area is 143 Å². The van der Waals surface area contributed by atoms with Gasteiger partial charge in [0.1, 0.15) is 5.75 Å². The molecule has 2 amide bonds. The summed E-state index contributed by atoms with van der Waals surface area (Å²) in [6, 6.07) is 7.51. The van der Waals surface area contributed by atoms with Gasteiger partial charge >= 0.3 is 0 Å². The SMILES string of the molecule is C/C=C(\C)C(=O)NCCCCNC(=O)/C=C/c1ccccc1OC. The normalized spacial score (nSPS) is 11.4. The van der Waals surface area contributed by atoms with Gasteiger partial charge in [-0.05, 0) is 38.8 Å². The van der Waals surface area contributed by atoms with Crippen LogP contribution in [-0.4, -0.2) is 32.0 Å². The second kappa shape index (κ2) is 11.0. The van der Waals surface area contributed by atoms with Crippen molar-refractivity contribution in [2.75, 3.05) is 20.2 Å². The number of rotatable bonds is 9. The van der Waals surface area contributed by atoms with Crippen LogP contribution in [0.5, 0.6) is 5.75 Å². The van der Waals surface area contributed by atoms with Crippen molar-refractivity contribution in [2.24, 2.45) is 0 Å². The topological polar surface area (TPSA) is 67.4 Å². The number of carbonyl (C=O) groups excluding carboxylic acids is 2. The number of amides is 2. The van der Waals surface area contributed by atoms with E-state index in [1.807, 2.05) is 31.2 Å². The highest BCUT2D eigenvalue weighted by atomic mass is 16.5. The highest BCUT2D eigenvalue weighted by Gasteiger charge is 2.02. The molecule has 1 rings (SSSR count). The monoisotopic (exact) mass is 330 g/mol. The molecule has 0 heterocycles. The van der Waals surface area contributed by atoms with E-state index in [2.05, 4.69) is 10.6 Å². The summed E-state index contributed by atoms with van der Waals surface area (Å²) in [5, 5.41) is 5.65. The van der Waals surface area contributed by atoms with Crippen molar-refractivity contribution in [3.63, 3.8) is 0 Å². The molecule has 0 aromatic heterocycles. The van der Waals surface area contributed by atoms with Gasteiger partial charge in [0.15, 0.2) is 0 Å². The minimum Gasteiger partial charge on any atom is -0.496 e. The molecule has 1 aromatic rings. The van der Waals surface area contributed by atoms with Crippen molar-refractivity contribution in [2.45, 2.75) is 26.7 Å². The van der Waals surface area contributed by atoms with E-state index in [1.165, 1.54) is 6.08 Å². The molecule has 0 saturated carbocycles. The first-order valence-corrected chi connectivity index (χ1v) is 8.08. The van der Waals surface area contributed by atoms with E-state index < -0.39 is 0 Å². The van der Waals surface area contributed by atoms with E-state index in [9.17, 15) is 9.59 Å². The third-order valence-corrected chi connectivity index (χ3v) is 3.53. The van der Waals surface area contributed by atoms with E-state index >= 15 is 0 Å². The van der Waals surface area contributed by atoms with Crippen LogP contribution in [0.15, 0.2) is 42.0 Å². The molecule has 5 nitrogen and oxygen atoms in total. The molecule has 5 heteroatoms. The number of carbonyl (C=O) groups is 2. The maximum Gasteiger partial charge on any atom is 0.246 e. The number of hydrogen-bond acceptors (Lipinski definition) is 3. The fraction of sp³-hybridized carbons (Fsp3) is 0.368. The number of hydrogen-bond donors (Lipinski definition) is 2. The average molecular weight is 330 g/mol. The second-order valence-electron chi connectivity index (χ2n) is 5.30. The van der Waals surface area contributed by atoms with Crippen molar-refractivity contribution >= 4 is 17.9 Å². The third-order valence-electron chi connectivity index (χ3n) is 3.53. The Bertz CT molecular complexity index is 606. The zero-order chi connectivity index (χ0) is 17.8. The van der Waals surface area contributed by atoms with Crippen molar-refractivity contribution in [1.29, 1.82) is 0 Å². The van der Waals surface area contributed by atoms with Crippen molar-refractivity contribution in [1.82, 2.24) is 10.6 Å². The lowest BCUT2D eigenvalue weighted by molar-refractivity contribution is -0.118. The summed E-state index contributed by atoms with van der Waals surface area (Å²) in [5.41, 5.74) is 1.57. The second-order valence-corrected chi connectivity index (χ2v) is 5.30. The van der Waals surface area contributed by atoms with Crippen LogP contribution in [0, 0.1) is 0 Å². The van der Waals surface area contributed by atoms with Crippen LogP contribution in [0.3, 0.4) is 0 Å². The van der Waals surface area contributed by atoms with Crippen LogP contribution < -0.4 is 15.4 Å². The van der Waals surface area contributed by atoms with E-state index in [4.69, 9.17) is 4.74 Å². The van der Waals surface area contributed by atoms with Crippen molar-refractivity contribution < 1.29 is 14.3 Å². The van der Waals surface area contributed by atoms with E-state index in [0.717, 1.165) is 24.2 Å². The minimum absolute atomic E-state index is 0.0405. The largest absolute Gasteiger partial charge is 0.496 e. The number of para-hydroxylation sites is 1. The molecule has 130 valence electrons. The summed E-state index contributed by atoms with van der Waals surface area (Å²) in [6.45, 7) is 4.80. The number of ether oxygens (including phenoxy) is 1. The standard InChI is InChI=1S/C19H26N2O3/c1-4-15(2)19(23)21-14-8-7-13-20-18(22)12-11-16-9-5-6-10-17(16)24-3/h4-6,9-12H,7-8,13-14H2,1-3H3,(H,20,22)(H,21,23)/b12-11+,15-4+. The molecule has 0 aliphatic rings. The smallest absolute Gasteiger partial charge is 0.246 e. The third kappa shape index (κ3) is 7.13. The molecule has 24 heavy (non-hydrogen) atoms. The van der Waals surface area contributed by atoms with Gasteiger partial charge < -0.3 is 15.4 Å². The Morgan fingerprint density at radius 3 is 2.46 bits per heavy atom. The van der Waals surface area contributed by atoms with Gasteiger partial charge in [0.05, 0.1) is 7.11 Å². The molecule has 0 aliphatic heterocycles. The summed E-state index contributed by atoms with van der Waals surface area (Å²) in [5.74, 6) is 0.546. The molecule has 0 spiro atoms. The first-order valence-electron chi connectivity index (χ1n) is 8.08. The lowest BCUT2D eigenvalue weighted by atomic mass is 10.2. The number of nitrogens with one attached hydrogen (secondary N) is 2. The highest BCUT2D eigenvalue weighted by Crippen LogP contribution is 2.18. The van der Waals surface area contributed by atoms with Crippen LogP contribution in [-0.2, 0) is 9.59 Å². The molecule has 0 fully saturated rings. The van der Waals surface area contributed by atoms with Gasteiger partial charge in [-0.1, -0.05) is 24.3 Å². The van der Waals surface area contributed by atoms with E-state index in [-0.39, 0.29) is 11.8 Å². The molecule has 0 saturated heterocycles. The molecule has 0 radical (unpaired) electrons. The van der Waals surface area contributed by atoms with Crippen LogP contribution in [0.25, 0.3) is 6.08 Å². The van der Waals surface area contributed by atoms with Crippen molar-refractivity contribution in [3.8, 4) is 5.75 Å². The summed E-state index contributed by atoms with van der Waals surface area (Å²) in [4.78, 5) is 23.3. The van der Waals surface area contributed by atoms with E-state index in [1.54, 1.807) is 26.2 Å². The zero-order valence-electron chi connectivity index (χ0n) is 14.6. The van der Waals surface area contributed by atoms with Crippen molar-refractivity contribution in [3.05, 3.63) is 47.6 Å². The first-order chi connectivity index (χ1) is 11.6. The van der Waals surface area contributed by atoms with E-state index in [0.29, 0.717) is 18.7 Å². The lowest BCUT2D eigenvalue weighted by Gasteiger charge is -2.06. The Balaban J connectivity index is 2.23. The predicted molar refractivity (Wildman–Crippen MR) is 96.7 cm³/mol. The van der Waals surface area contributed by atoms with Gasteiger partial charge in [-0.15, -0.1) is 0 Å². The lowest BCUT2D eigenvalue weighted by Crippen LogP contribution is -2.27. The number of allylic oxidation sites excluding steroid dienone is 1. The molecule has 0 aliphatic carbocycles. The average Bonchev–Trinajstić information content (AvgIpc) is 2.61. The summed E-state index contributed by atoms with van der Waals surface area (Å²) in [6.07, 6.45) is 6.63. The fourth-order valence-corrected chi connectivity index (χ4v) is 1.96. The van der Waals surface area contributed by atoms with Crippen LogP contribution in [0.1, 0.15) is 32.3 Å². The Kier molecular flexibility index (Phi) is 8.97. The van der Waals surface area contributed by atoms with Gasteiger partial charge in [0.25, 0.3) is 0 Å². The maximum absolute atomic E-state index is 11.8. The predicted octanol–water partition coefficient (Wildman–Crippen LogP) is 2.69. The molecule has 0 unspecified atom stereocenters. The Morgan fingerprint density at radius 2 is 1.79 bits per heavy atom. The zero-order valence-corrected chi connectivity index (χ0v) is 14.6. The van der Waals surface area contributed by atoms with Crippen LogP contribution in [0.4, 0.5) is 0 Å². The van der Waals surface area contributed by atoms with Gasteiger partial charge in [-0.2, -0.15) is 0 Å². The minimum atomic E-state index is -0.144. The maximum atomic E-state index is 11.8.